The van der Waals surface area contributed by atoms with Gasteiger partial charge >= 0.3 is 0 Å². The zero-order valence-electron chi connectivity index (χ0n) is 11.5. The van der Waals surface area contributed by atoms with Crippen LogP contribution < -0.4 is 11.3 Å². The number of halogens is 3. The average Bonchev–Trinajstić information content (AvgIpc) is 2.45. The van der Waals surface area contributed by atoms with Crippen molar-refractivity contribution in [2.75, 3.05) is 12.3 Å². The molecule has 0 unspecified atom stereocenters. The van der Waals surface area contributed by atoms with Crippen molar-refractivity contribution in [2.45, 2.75) is 19.5 Å². The molecule has 0 bridgehead atoms. The minimum atomic E-state index is -1.48. The quantitative estimate of drug-likeness (QED) is 0.821. The van der Waals surface area contributed by atoms with E-state index in [9.17, 15) is 18.0 Å². The Kier molecular flexibility index (Phi) is 3.61. The number of rotatable bonds is 2. The molecule has 0 spiro atoms. The van der Waals surface area contributed by atoms with E-state index in [1.165, 1.54) is 0 Å². The summed E-state index contributed by atoms with van der Waals surface area (Å²) in [6, 6.07) is 1.92. The molecule has 2 heterocycles. The fourth-order valence-corrected chi connectivity index (χ4v) is 2.59. The first-order chi connectivity index (χ1) is 10.4. The van der Waals surface area contributed by atoms with E-state index in [2.05, 4.69) is 9.97 Å². The first-order valence-corrected chi connectivity index (χ1v) is 6.67. The number of H-pyrrole nitrogens is 1. The average molecular weight is 310 g/mol. The van der Waals surface area contributed by atoms with E-state index in [4.69, 9.17) is 5.73 Å². The van der Waals surface area contributed by atoms with E-state index in [0.29, 0.717) is 36.3 Å². The molecule has 116 valence electrons. The van der Waals surface area contributed by atoms with Crippen molar-refractivity contribution in [1.29, 1.82) is 0 Å². The van der Waals surface area contributed by atoms with Gasteiger partial charge in [0.1, 0.15) is 0 Å². The predicted molar refractivity (Wildman–Crippen MR) is 73.4 cm³/mol. The lowest BCUT2D eigenvalue weighted by Gasteiger charge is -2.27. The molecule has 2 aromatic rings. The summed E-state index contributed by atoms with van der Waals surface area (Å²) >= 11 is 0. The van der Waals surface area contributed by atoms with Gasteiger partial charge in [-0.3, -0.25) is 14.7 Å². The number of benzene rings is 1. The Bertz CT molecular complexity index is 767. The fraction of sp³-hybridized carbons (Fsp3) is 0.286. The monoisotopic (exact) mass is 310 g/mol. The van der Waals surface area contributed by atoms with Crippen LogP contribution in [-0.4, -0.2) is 21.4 Å². The Morgan fingerprint density at radius 3 is 2.64 bits per heavy atom. The van der Waals surface area contributed by atoms with Gasteiger partial charge < -0.3 is 5.73 Å². The standard InChI is InChI=1S/C14H13F3N4O/c15-9-3-7(4-10(16)12(9)17)5-21-2-1-11-8(6-21)13(22)20-14(18)19-11/h3-4H,1-2,5-6H2,(H3,18,19,20,22). The van der Waals surface area contributed by atoms with Crippen LogP contribution in [0, 0.1) is 17.5 Å². The Morgan fingerprint density at radius 2 is 1.95 bits per heavy atom. The predicted octanol–water partition coefficient (Wildman–Crippen LogP) is 1.33. The molecule has 0 fully saturated rings. The molecule has 5 nitrogen and oxygen atoms in total. The van der Waals surface area contributed by atoms with Gasteiger partial charge in [-0.05, 0) is 17.7 Å². The minimum Gasteiger partial charge on any atom is -0.369 e. The van der Waals surface area contributed by atoms with Crippen LogP contribution in [0.15, 0.2) is 16.9 Å². The molecule has 0 saturated heterocycles. The lowest BCUT2D eigenvalue weighted by Crippen LogP contribution is -2.35. The lowest BCUT2D eigenvalue weighted by molar-refractivity contribution is 0.241. The highest BCUT2D eigenvalue weighted by Gasteiger charge is 2.21. The number of hydrogen-bond acceptors (Lipinski definition) is 4. The zero-order chi connectivity index (χ0) is 15.9. The normalized spacial score (nSPS) is 14.9. The van der Waals surface area contributed by atoms with Crippen molar-refractivity contribution in [3.8, 4) is 0 Å². The van der Waals surface area contributed by atoms with Crippen LogP contribution in [0.2, 0.25) is 0 Å². The molecule has 0 atom stereocenters. The molecule has 0 aliphatic carbocycles. The van der Waals surface area contributed by atoms with Crippen LogP contribution in [-0.2, 0) is 19.5 Å². The van der Waals surface area contributed by atoms with Crippen LogP contribution in [0.4, 0.5) is 19.1 Å². The Labute approximate surface area is 123 Å². The van der Waals surface area contributed by atoms with Gasteiger partial charge in [0.2, 0.25) is 5.95 Å². The largest absolute Gasteiger partial charge is 0.369 e. The highest BCUT2D eigenvalue weighted by molar-refractivity contribution is 5.27. The van der Waals surface area contributed by atoms with E-state index < -0.39 is 17.5 Å². The van der Waals surface area contributed by atoms with Gasteiger partial charge in [0, 0.05) is 26.1 Å². The lowest BCUT2D eigenvalue weighted by atomic mass is 10.1. The van der Waals surface area contributed by atoms with Crippen LogP contribution in [0.3, 0.4) is 0 Å². The third kappa shape index (κ3) is 2.69. The molecule has 1 aromatic heterocycles. The molecule has 0 amide bonds. The molecular weight excluding hydrogens is 297 g/mol. The van der Waals surface area contributed by atoms with Gasteiger partial charge in [-0.2, -0.15) is 0 Å². The second-order valence-corrected chi connectivity index (χ2v) is 5.21. The van der Waals surface area contributed by atoms with Crippen molar-refractivity contribution in [1.82, 2.24) is 14.9 Å². The summed E-state index contributed by atoms with van der Waals surface area (Å²) in [6.45, 7) is 1.06. The fourth-order valence-electron chi connectivity index (χ4n) is 2.59. The van der Waals surface area contributed by atoms with Gasteiger partial charge in [-0.1, -0.05) is 0 Å². The summed E-state index contributed by atoms with van der Waals surface area (Å²) in [4.78, 5) is 20.2. The van der Waals surface area contributed by atoms with Crippen molar-refractivity contribution >= 4 is 5.95 Å². The van der Waals surface area contributed by atoms with E-state index in [0.717, 1.165) is 12.1 Å². The summed E-state index contributed by atoms with van der Waals surface area (Å²) in [6.07, 6.45) is 0.510. The molecule has 3 rings (SSSR count). The molecular formula is C14H13F3N4O. The molecule has 1 aromatic carbocycles. The van der Waals surface area contributed by atoms with E-state index in [-0.39, 0.29) is 18.1 Å². The van der Waals surface area contributed by atoms with Crippen LogP contribution in [0.1, 0.15) is 16.8 Å². The van der Waals surface area contributed by atoms with Gasteiger partial charge in [-0.25, -0.2) is 18.2 Å². The van der Waals surface area contributed by atoms with Gasteiger partial charge in [-0.15, -0.1) is 0 Å². The van der Waals surface area contributed by atoms with Crippen LogP contribution >= 0.6 is 0 Å². The molecule has 22 heavy (non-hydrogen) atoms. The minimum absolute atomic E-state index is 0.0693. The number of nitrogens with zero attached hydrogens (tertiary/aromatic N) is 2. The van der Waals surface area contributed by atoms with Crippen LogP contribution in [0.25, 0.3) is 0 Å². The number of aromatic amines is 1. The van der Waals surface area contributed by atoms with Crippen molar-refractivity contribution < 1.29 is 13.2 Å². The Morgan fingerprint density at radius 1 is 1.27 bits per heavy atom. The molecule has 1 aliphatic rings. The molecule has 1 aliphatic heterocycles. The molecule has 8 heteroatoms. The number of nitrogen functional groups attached to an aromatic ring is 1. The number of fused-ring (bicyclic) bond motifs is 1. The summed E-state index contributed by atoms with van der Waals surface area (Å²) in [5, 5.41) is 0. The summed E-state index contributed by atoms with van der Waals surface area (Å²) in [5.74, 6) is -3.86. The topological polar surface area (TPSA) is 75.0 Å². The number of nitrogens with one attached hydrogen (secondary N) is 1. The number of anilines is 1. The second-order valence-electron chi connectivity index (χ2n) is 5.21. The maximum Gasteiger partial charge on any atom is 0.257 e. The van der Waals surface area contributed by atoms with Gasteiger partial charge in [0.25, 0.3) is 5.56 Å². The van der Waals surface area contributed by atoms with Crippen LogP contribution in [0.5, 0.6) is 0 Å². The molecule has 3 N–H and O–H groups in total. The smallest absolute Gasteiger partial charge is 0.257 e. The third-order valence-electron chi connectivity index (χ3n) is 3.62. The third-order valence-corrected chi connectivity index (χ3v) is 3.62. The number of nitrogens with two attached hydrogens (primary N) is 1. The Hall–Kier alpha value is -2.35. The van der Waals surface area contributed by atoms with E-state index in [1.807, 2.05) is 4.90 Å². The van der Waals surface area contributed by atoms with Gasteiger partial charge in [0.05, 0.1) is 11.3 Å². The van der Waals surface area contributed by atoms with Crippen molar-refractivity contribution in [3.05, 3.63) is 56.8 Å². The molecule has 0 radical (unpaired) electrons. The van der Waals surface area contributed by atoms with E-state index in [1.54, 1.807) is 0 Å². The maximum atomic E-state index is 13.2. The summed E-state index contributed by atoms with van der Waals surface area (Å²) in [7, 11) is 0. The first-order valence-electron chi connectivity index (χ1n) is 6.67. The van der Waals surface area contributed by atoms with Gasteiger partial charge in [0.15, 0.2) is 17.5 Å². The Balaban J connectivity index is 1.82. The molecule has 0 saturated carbocycles. The number of aromatic nitrogens is 2. The summed E-state index contributed by atoms with van der Waals surface area (Å²) in [5.41, 5.74) is 6.60. The van der Waals surface area contributed by atoms with E-state index >= 15 is 0 Å². The van der Waals surface area contributed by atoms with Crippen molar-refractivity contribution in [3.63, 3.8) is 0 Å². The number of hydrogen-bond donors (Lipinski definition) is 2. The zero-order valence-corrected chi connectivity index (χ0v) is 11.5. The maximum absolute atomic E-state index is 13.2. The summed E-state index contributed by atoms with van der Waals surface area (Å²) < 4.78 is 39.4. The first kappa shape index (κ1) is 14.6. The highest BCUT2D eigenvalue weighted by atomic mass is 19.2. The second kappa shape index (κ2) is 5.45. The SMILES string of the molecule is Nc1nc2c(c(=O)[nH]1)CN(Cc1cc(F)c(F)c(F)c1)CC2. The van der Waals surface area contributed by atoms with Crippen molar-refractivity contribution in [2.24, 2.45) is 0 Å². The highest BCUT2D eigenvalue weighted by Crippen LogP contribution is 2.19.